The van der Waals surface area contributed by atoms with Gasteiger partial charge in [0.1, 0.15) is 5.00 Å². The Morgan fingerprint density at radius 3 is 2.54 bits per heavy atom. The van der Waals surface area contributed by atoms with E-state index in [0.717, 1.165) is 37.0 Å². The Morgan fingerprint density at radius 2 is 1.92 bits per heavy atom. The van der Waals surface area contributed by atoms with Gasteiger partial charge < -0.3 is 20.0 Å². The van der Waals surface area contributed by atoms with Gasteiger partial charge in [-0.25, -0.2) is 4.79 Å². The fourth-order valence-electron chi connectivity index (χ4n) is 4.47. The number of aliphatic carboxylic acids is 1. The highest BCUT2D eigenvalue weighted by molar-refractivity contribution is 7.16. The molecule has 2 aliphatic rings. The van der Waals surface area contributed by atoms with Crippen LogP contribution >= 0.6 is 11.3 Å². The quantitative estimate of drug-likeness (QED) is 0.734. The SMILES string of the molecule is CCCc1cc(C(=O)OCC)c(NC(=O)C2C3CCC(C3)C2C(=O)[O-])s1. The Labute approximate surface area is 156 Å². The molecule has 6 nitrogen and oxygen atoms in total. The molecular weight excluding hydrogens is 354 g/mol. The van der Waals surface area contributed by atoms with E-state index < -0.39 is 23.8 Å². The van der Waals surface area contributed by atoms with Gasteiger partial charge in [0.25, 0.3) is 0 Å². The molecule has 2 bridgehead atoms. The number of aryl methyl sites for hydroxylation is 1. The summed E-state index contributed by atoms with van der Waals surface area (Å²) < 4.78 is 5.09. The molecule has 1 N–H and O–H groups in total. The van der Waals surface area contributed by atoms with Crippen LogP contribution in [0.5, 0.6) is 0 Å². The van der Waals surface area contributed by atoms with Crippen molar-refractivity contribution in [3.05, 3.63) is 16.5 Å². The molecule has 1 aromatic heterocycles. The van der Waals surface area contributed by atoms with E-state index in [1.165, 1.54) is 11.3 Å². The fraction of sp³-hybridized carbons (Fsp3) is 0.632. The van der Waals surface area contributed by atoms with Crippen molar-refractivity contribution in [3.63, 3.8) is 0 Å². The van der Waals surface area contributed by atoms with E-state index in [2.05, 4.69) is 5.32 Å². The summed E-state index contributed by atoms with van der Waals surface area (Å²) >= 11 is 1.36. The number of carboxylic acids is 1. The van der Waals surface area contributed by atoms with Gasteiger partial charge in [-0.1, -0.05) is 13.3 Å². The van der Waals surface area contributed by atoms with Crippen LogP contribution in [0.3, 0.4) is 0 Å². The molecule has 0 aromatic carbocycles. The van der Waals surface area contributed by atoms with Crippen molar-refractivity contribution in [3.8, 4) is 0 Å². The monoisotopic (exact) mass is 378 g/mol. The molecule has 2 saturated carbocycles. The molecule has 0 saturated heterocycles. The maximum atomic E-state index is 12.9. The largest absolute Gasteiger partial charge is 0.550 e. The van der Waals surface area contributed by atoms with Gasteiger partial charge in [-0.3, -0.25) is 4.79 Å². The van der Waals surface area contributed by atoms with Crippen LogP contribution in [0.4, 0.5) is 5.00 Å². The normalized spacial score (nSPS) is 26.7. The Bertz CT molecular complexity index is 713. The first-order valence-corrected chi connectivity index (χ1v) is 10.1. The average Bonchev–Trinajstić information content (AvgIpc) is 3.29. The van der Waals surface area contributed by atoms with E-state index in [-0.39, 0.29) is 24.3 Å². The van der Waals surface area contributed by atoms with Gasteiger partial charge in [-0.2, -0.15) is 0 Å². The van der Waals surface area contributed by atoms with E-state index in [4.69, 9.17) is 4.74 Å². The van der Waals surface area contributed by atoms with Crippen molar-refractivity contribution in [1.29, 1.82) is 0 Å². The Kier molecular flexibility index (Phi) is 5.65. The maximum absolute atomic E-state index is 12.9. The third kappa shape index (κ3) is 3.49. The molecule has 142 valence electrons. The summed E-state index contributed by atoms with van der Waals surface area (Å²) in [5, 5.41) is 14.8. The first kappa shape index (κ1) is 18.9. The summed E-state index contributed by atoms with van der Waals surface area (Å²) in [4.78, 5) is 37.6. The number of esters is 1. The third-order valence-corrected chi connectivity index (χ3v) is 6.61. The van der Waals surface area contributed by atoms with E-state index in [1.807, 2.05) is 6.92 Å². The minimum Gasteiger partial charge on any atom is -0.550 e. The van der Waals surface area contributed by atoms with Gasteiger partial charge in [0.05, 0.1) is 12.2 Å². The number of nitrogens with one attached hydrogen (secondary N) is 1. The zero-order valence-electron chi connectivity index (χ0n) is 15.1. The van der Waals surface area contributed by atoms with Crippen LogP contribution in [0.2, 0.25) is 0 Å². The Hall–Kier alpha value is -1.89. The lowest BCUT2D eigenvalue weighted by atomic mass is 9.79. The molecule has 4 unspecified atom stereocenters. The number of carbonyl (C=O) groups is 3. The second kappa shape index (κ2) is 7.78. The zero-order chi connectivity index (χ0) is 18.8. The molecule has 0 radical (unpaired) electrons. The molecular formula is C19H24NO5S-. The van der Waals surface area contributed by atoms with Gasteiger partial charge in [0.2, 0.25) is 5.91 Å². The fourth-order valence-corrected chi connectivity index (χ4v) is 5.62. The summed E-state index contributed by atoms with van der Waals surface area (Å²) in [6.45, 7) is 4.03. The first-order chi connectivity index (χ1) is 12.5. The summed E-state index contributed by atoms with van der Waals surface area (Å²) in [6, 6.07) is 1.76. The number of hydrogen-bond donors (Lipinski definition) is 1. The standard InChI is InChI=1S/C19H25NO5S/c1-3-5-12-9-13(19(24)25-4-2)17(26-12)20-16(21)14-10-6-7-11(8-10)15(14)18(22)23/h9-11,14-15H,3-8H2,1-2H3,(H,20,21)(H,22,23)/p-1. The highest BCUT2D eigenvalue weighted by Crippen LogP contribution is 2.52. The number of amides is 1. The summed E-state index contributed by atoms with van der Waals surface area (Å²) in [7, 11) is 0. The minimum absolute atomic E-state index is 0.0317. The maximum Gasteiger partial charge on any atom is 0.341 e. The number of carbonyl (C=O) groups excluding carboxylic acids is 3. The molecule has 2 aliphatic carbocycles. The van der Waals surface area contributed by atoms with Crippen LogP contribution < -0.4 is 10.4 Å². The van der Waals surface area contributed by atoms with Gasteiger partial charge in [0.15, 0.2) is 0 Å². The van der Waals surface area contributed by atoms with Crippen molar-refractivity contribution in [2.75, 3.05) is 11.9 Å². The second-order valence-electron chi connectivity index (χ2n) is 7.12. The number of thiophene rings is 1. The lowest BCUT2D eigenvalue weighted by Gasteiger charge is -2.30. The summed E-state index contributed by atoms with van der Waals surface area (Å²) in [6.07, 6.45) is 4.23. The number of anilines is 1. The molecule has 2 fully saturated rings. The van der Waals surface area contributed by atoms with Crippen LogP contribution in [-0.4, -0.2) is 24.5 Å². The van der Waals surface area contributed by atoms with Gasteiger partial charge in [0, 0.05) is 22.7 Å². The van der Waals surface area contributed by atoms with Crippen LogP contribution in [0.25, 0.3) is 0 Å². The van der Waals surface area contributed by atoms with Crippen LogP contribution in [0.15, 0.2) is 6.07 Å². The summed E-state index contributed by atoms with van der Waals surface area (Å²) in [5.74, 6) is -3.11. The highest BCUT2D eigenvalue weighted by Gasteiger charge is 2.51. The first-order valence-electron chi connectivity index (χ1n) is 9.27. The molecule has 0 spiro atoms. The lowest BCUT2D eigenvalue weighted by molar-refractivity contribution is -0.314. The lowest BCUT2D eigenvalue weighted by Crippen LogP contribution is -2.44. The molecule has 4 atom stereocenters. The van der Waals surface area contributed by atoms with Crippen molar-refractivity contribution < 1.29 is 24.2 Å². The summed E-state index contributed by atoms with van der Waals surface area (Å²) in [5.41, 5.74) is 0.349. The van der Waals surface area contributed by atoms with E-state index in [0.29, 0.717) is 10.6 Å². The molecule has 1 amide bonds. The Balaban J connectivity index is 1.82. The van der Waals surface area contributed by atoms with Crippen LogP contribution in [-0.2, 0) is 20.7 Å². The van der Waals surface area contributed by atoms with E-state index >= 15 is 0 Å². The average molecular weight is 378 g/mol. The molecule has 1 aromatic rings. The number of fused-ring (bicyclic) bond motifs is 2. The van der Waals surface area contributed by atoms with Gasteiger partial charge in [-0.05, 0) is 50.5 Å². The van der Waals surface area contributed by atoms with Crippen molar-refractivity contribution >= 4 is 34.2 Å². The highest BCUT2D eigenvalue weighted by atomic mass is 32.1. The third-order valence-electron chi connectivity index (χ3n) is 5.50. The Morgan fingerprint density at radius 1 is 1.23 bits per heavy atom. The number of hydrogen-bond acceptors (Lipinski definition) is 6. The van der Waals surface area contributed by atoms with Crippen molar-refractivity contribution in [1.82, 2.24) is 0 Å². The van der Waals surface area contributed by atoms with Gasteiger partial charge >= 0.3 is 5.97 Å². The smallest absolute Gasteiger partial charge is 0.341 e. The number of carboxylic acid groups (broad SMARTS) is 1. The predicted molar refractivity (Wildman–Crippen MR) is 95.7 cm³/mol. The van der Waals surface area contributed by atoms with E-state index in [9.17, 15) is 19.5 Å². The van der Waals surface area contributed by atoms with E-state index in [1.54, 1.807) is 13.0 Å². The van der Waals surface area contributed by atoms with Gasteiger partial charge in [-0.15, -0.1) is 11.3 Å². The number of ether oxygens (including phenoxy) is 1. The zero-order valence-corrected chi connectivity index (χ0v) is 15.9. The molecule has 3 rings (SSSR count). The predicted octanol–water partition coefficient (Wildman–Crippen LogP) is 2.23. The topological polar surface area (TPSA) is 95.5 Å². The molecule has 0 aliphatic heterocycles. The molecule has 26 heavy (non-hydrogen) atoms. The van der Waals surface area contributed by atoms with Crippen LogP contribution in [0, 0.1) is 23.7 Å². The molecule has 7 heteroatoms. The molecule has 1 heterocycles. The van der Waals surface area contributed by atoms with Crippen LogP contribution in [0.1, 0.15) is 54.8 Å². The van der Waals surface area contributed by atoms with Crippen molar-refractivity contribution in [2.45, 2.75) is 46.0 Å². The minimum atomic E-state index is -1.14. The number of rotatable bonds is 7. The van der Waals surface area contributed by atoms with Crippen molar-refractivity contribution in [2.24, 2.45) is 23.7 Å². The second-order valence-corrected chi connectivity index (χ2v) is 8.26.